The predicted molar refractivity (Wildman–Crippen MR) is 110 cm³/mol. The van der Waals surface area contributed by atoms with Crippen molar-refractivity contribution in [1.29, 1.82) is 0 Å². The summed E-state index contributed by atoms with van der Waals surface area (Å²) in [5, 5.41) is 4.16. The standard InChI is InChI=1S/C21H29N3O3S/c1-4-8-14-18(21(26)27-3)13(2)23-19(14)20(25)22-12-7-11-17-24-15-9-5-6-10-16(15)28-17/h23H,4-12H2,1-3H3,(H,22,25). The van der Waals surface area contributed by atoms with E-state index in [1.54, 1.807) is 6.92 Å². The summed E-state index contributed by atoms with van der Waals surface area (Å²) < 4.78 is 4.88. The summed E-state index contributed by atoms with van der Waals surface area (Å²) in [6.45, 7) is 4.41. The number of thiazole rings is 1. The van der Waals surface area contributed by atoms with E-state index in [0.29, 0.717) is 29.9 Å². The van der Waals surface area contributed by atoms with Gasteiger partial charge in [0.15, 0.2) is 0 Å². The molecule has 152 valence electrons. The summed E-state index contributed by atoms with van der Waals surface area (Å²) >= 11 is 1.83. The van der Waals surface area contributed by atoms with Gasteiger partial charge in [0, 0.05) is 23.5 Å². The third kappa shape index (κ3) is 4.46. The number of carbonyl (C=O) groups excluding carboxylic acids is 2. The molecular formula is C21H29N3O3S. The van der Waals surface area contributed by atoms with Gasteiger partial charge >= 0.3 is 5.97 Å². The first-order valence-electron chi connectivity index (χ1n) is 10.1. The Morgan fingerprint density at radius 3 is 2.75 bits per heavy atom. The summed E-state index contributed by atoms with van der Waals surface area (Å²) in [5.41, 5.74) is 3.68. The first-order valence-corrected chi connectivity index (χ1v) is 10.9. The molecule has 0 saturated carbocycles. The van der Waals surface area contributed by atoms with Crippen LogP contribution in [0.2, 0.25) is 0 Å². The van der Waals surface area contributed by atoms with Crippen LogP contribution in [0.1, 0.15) is 80.3 Å². The van der Waals surface area contributed by atoms with E-state index >= 15 is 0 Å². The Kier molecular flexibility index (Phi) is 6.88. The Labute approximate surface area is 170 Å². The van der Waals surface area contributed by atoms with E-state index in [0.717, 1.165) is 31.2 Å². The predicted octanol–water partition coefficient (Wildman–Crippen LogP) is 3.76. The van der Waals surface area contributed by atoms with Gasteiger partial charge in [-0.15, -0.1) is 11.3 Å². The molecule has 1 aliphatic carbocycles. The number of methoxy groups -OCH3 is 1. The van der Waals surface area contributed by atoms with Crippen LogP contribution in [0.4, 0.5) is 0 Å². The maximum absolute atomic E-state index is 12.7. The van der Waals surface area contributed by atoms with Gasteiger partial charge in [-0.05, 0) is 51.0 Å². The zero-order valence-corrected chi connectivity index (χ0v) is 17.8. The Morgan fingerprint density at radius 1 is 1.25 bits per heavy atom. The van der Waals surface area contributed by atoms with Gasteiger partial charge in [-0.25, -0.2) is 9.78 Å². The molecule has 3 rings (SSSR count). The van der Waals surface area contributed by atoms with E-state index < -0.39 is 5.97 Å². The molecular weight excluding hydrogens is 374 g/mol. The number of carbonyl (C=O) groups is 2. The van der Waals surface area contributed by atoms with Crippen LogP contribution in [0.5, 0.6) is 0 Å². The highest BCUT2D eigenvalue weighted by molar-refractivity contribution is 7.11. The van der Waals surface area contributed by atoms with Crippen LogP contribution in [-0.2, 0) is 30.4 Å². The number of aromatic nitrogens is 2. The van der Waals surface area contributed by atoms with Crippen LogP contribution in [0.25, 0.3) is 0 Å². The molecule has 6 nitrogen and oxygen atoms in total. The number of aromatic amines is 1. The molecule has 7 heteroatoms. The Balaban J connectivity index is 1.58. The first kappa shape index (κ1) is 20.6. The Hall–Kier alpha value is -2.15. The molecule has 0 aromatic carbocycles. The number of nitrogens with zero attached hydrogens (tertiary/aromatic N) is 1. The molecule has 1 amide bonds. The van der Waals surface area contributed by atoms with E-state index in [1.165, 1.54) is 42.0 Å². The lowest BCUT2D eigenvalue weighted by atomic mass is 10.0. The average Bonchev–Trinajstić information content (AvgIpc) is 3.25. The number of amides is 1. The van der Waals surface area contributed by atoms with Gasteiger partial charge in [0.25, 0.3) is 5.91 Å². The molecule has 2 heterocycles. The highest BCUT2D eigenvalue weighted by Gasteiger charge is 2.24. The molecule has 0 atom stereocenters. The van der Waals surface area contributed by atoms with Crippen molar-refractivity contribution >= 4 is 23.2 Å². The van der Waals surface area contributed by atoms with Gasteiger partial charge in [-0.2, -0.15) is 0 Å². The molecule has 1 aliphatic rings. The molecule has 28 heavy (non-hydrogen) atoms. The summed E-state index contributed by atoms with van der Waals surface area (Å²) in [6, 6.07) is 0. The maximum atomic E-state index is 12.7. The SMILES string of the molecule is CCCc1c(C(=O)NCCCc2nc3c(s2)CCCC3)[nH]c(C)c1C(=O)OC. The van der Waals surface area contributed by atoms with Crippen molar-refractivity contribution in [2.45, 2.75) is 65.2 Å². The molecule has 2 N–H and O–H groups in total. The lowest BCUT2D eigenvalue weighted by molar-refractivity contribution is 0.0599. The zero-order valence-electron chi connectivity index (χ0n) is 16.9. The van der Waals surface area contributed by atoms with Crippen molar-refractivity contribution in [3.8, 4) is 0 Å². The number of aryl methyl sites for hydroxylation is 4. The lowest BCUT2D eigenvalue weighted by Gasteiger charge is -2.07. The van der Waals surface area contributed by atoms with Gasteiger partial charge in [-0.3, -0.25) is 4.79 Å². The van der Waals surface area contributed by atoms with E-state index in [-0.39, 0.29) is 5.91 Å². The van der Waals surface area contributed by atoms with E-state index in [9.17, 15) is 9.59 Å². The van der Waals surface area contributed by atoms with E-state index in [4.69, 9.17) is 9.72 Å². The number of nitrogens with one attached hydrogen (secondary N) is 2. The topological polar surface area (TPSA) is 84.1 Å². The molecule has 0 unspecified atom stereocenters. The minimum atomic E-state index is -0.399. The smallest absolute Gasteiger partial charge is 0.339 e. The van der Waals surface area contributed by atoms with Gasteiger partial charge < -0.3 is 15.0 Å². The summed E-state index contributed by atoms with van der Waals surface area (Å²) in [6.07, 6.45) is 8.03. The van der Waals surface area contributed by atoms with Crippen molar-refractivity contribution in [3.05, 3.63) is 38.1 Å². The average molecular weight is 404 g/mol. The number of hydrogen-bond donors (Lipinski definition) is 2. The number of rotatable bonds is 8. The van der Waals surface area contributed by atoms with Crippen molar-refractivity contribution in [1.82, 2.24) is 15.3 Å². The van der Waals surface area contributed by atoms with Gasteiger partial charge in [-0.1, -0.05) is 13.3 Å². The fraction of sp³-hybridized carbons (Fsp3) is 0.571. The second-order valence-electron chi connectivity index (χ2n) is 7.26. The van der Waals surface area contributed by atoms with E-state index in [1.807, 2.05) is 18.3 Å². The first-order chi connectivity index (χ1) is 13.5. The fourth-order valence-electron chi connectivity index (χ4n) is 3.79. The van der Waals surface area contributed by atoms with E-state index in [2.05, 4.69) is 10.3 Å². The molecule has 2 aromatic rings. The molecule has 0 radical (unpaired) electrons. The van der Waals surface area contributed by atoms with Crippen LogP contribution in [0, 0.1) is 6.92 Å². The highest BCUT2D eigenvalue weighted by atomic mass is 32.1. The quantitative estimate of drug-likeness (QED) is 0.519. The highest BCUT2D eigenvalue weighted by Crippen LogP contribution is 2.27. The zero-order chi connectivity index (χ0) is 20.1. The van der Waals surface area contributed by atoms with Crippen LogP contribution >= 0.6 is 11.3 Å². The molecule has 2 aromatic heterocycles. The van der Waals surface area contributed by atoms with Crippen LogP contribution in [0.15, 0.2) is 0 Å². The number of fused-ring (bicyclic) bond motifs is 1. The van der Waals surface area contributed by atoms with Gasteiger partial charge in [0.2, 0.25) is 0 Å². The Morgan fingerprint density at radius 2 is 2.04 bits per heavy atom. The second-order valence-corrected chi connectivity index (χ2v) is 8.43. The normalized spacial score (nSPS) is 13.2. The number of esters is 1. The lowest BCUT2D eigenvalue weighted by Crippen LogP contribution is -2.26. The van der Waals surface area contributed by atoms with Crippen LogP contribution < -0.4 is 5.32 Å². The number of hydrogen-bond acceptors (Lipinski definition) is 5. The third-order valence-electron chi connectivity index (χ3n) is 5.15. The van der Waals surface area contributed by atoms with Crippen molar-refractivity contribution < 1.29 is 14.3 Å². The van der Waals surface area contributed by atoms with Crippen molar-refractivity contribution in [2.24, 2.45) is 0 Å². The summed E-state index contributed by atoms with van der Waals surface area (Å²) in [5.74, 6) is -0.566. The maximum Gasteiger partial charge on any atom is 0.339 e. The number of H-pyrrole nitrogens is 1. The third-order valence-corrected chi connectivity index (χ3v) is 6.37. The monoisotopic (exact) mass is 403 g/mol. The minimum absolute atomic E-state index is 0.167. The van der Waals surface area contributed by atoms with Gasteiger partial charge in [0.1, 0.15) is 5.69 Å². The Bertz CT molecular complexity index is 830. The van der Waals surface area contributed by atoms with Gasteiger partial charge in [0.05, 0.1) is 23.4 Å². The molecule has 0 aliphatic heterocycles. The van der Waals surface area contributed by atoms with Crippen molar-refractivity contribution in [2.75, 3.05) is 13.7 Å². The minimum Gasteiger partial charge on any atom is -0.465 e. The second kappa shape index (κ2) is 9.37. The van der Waals surface area contributed by atoms with Crippen LogP contribution in [-0.4, -0.2) is 35.5 Å². The summed E-state index contributed by atoms with van der Waals surface area (Å²) in [7, 11) is 1.36. The largest absolute Gasteiger partial charge is 0.465 e. The molecule has 0 saturated heterocycles. The van der Waals surface area contributed by atoms with Crippen molar-refractivity contribution in [3.63, 3.8) is 0 Å². The molecule has 0 fully saturated rings. The number of ether oxygens (including phenoxy) is 1. The summed E-state index contributed by atoms with van der Waals surface area (Å²) in [4.78, 5) is 34.1. The fourth-order valence-corrected chi connectivity index (χ4v) is 4.99. The molecule has 0 spiro atoms. The molecule has 0 bridgehead atoms. The van der Waals surface area contributed by atoms with Crippen LogP contribution in [0.3, 0.4) is 0 Å².